The average Bonchev–Trinajstić information content (AvgIpc) is 2.84. The molecule has 220 valence electrons. The predicted molar refractivity (Wildman–Crippen MR) is 147 cm³/mol. The monoisotopic (exact) mass is 602 g/mol. The molecule has 0 aliphatic heterocycles. The molecule has 0 aliphatic carbocycles. The maximum absolute atomic E-state index is 11.0. The molecule has 9 nitrogen and oxygen atoms in total. The van der Waals surface area contributed by atoms with Crippen LogP contribution in [0, 0.1) is 13.8 Å². The molecule has 0 aromatic rings. The van der Waals surface area contributed by atoms with Crippen molar-refractivity contribution in [3.8, 4) is 0 Å². The Bertz CT molecular complexity index is 428. The Labute approximate surface area is 233 Å². The summed E-state index contributed by atoms with van der Waals surface area (Å²) in [4.78, 5) is 21.5. The molecule has 0 spiro atoms. The third kappa shape index (κ3) is 69.9. The van der Waals surface area contributed by atoms with Gasteiger partial charge in [-0.3, -0.25) is 9.59 Å². The third-order valence-electron chi connectivity index (χ3n) is 2.49. The topological polar surface area (TPSA) is 110 Å². The van der Waals surface area contributed by atoms with Crippen molar-refractivity contribution in [2.75, 3.05) is 54.4 Å². The molecule has 1 N–H and O–H groups in total. The Hall–Kier alpha value is -0.426. The van der Waals surface area contributed by atoms with Crippen LogP contribution in [-0.4, -0.2) is 71.5 Å². The standard InChI is InChI=1S/C9H17O4P.C7H12O3.2C3H7.C2H7O2P.Ni/c1-4-7-12-9(10)6-5-8-13-14(3)11-2;1-2-6-10-7(9)4-3-5-8;2*1-3-2;1-3-5-4-2;/h4H,1,5-8H2,2-3H3;2,8H,1,3-6H2;2*1,3H2,2H3;5H,1-2H3;/q;;2*-1;;+2. The van der Waals surface area contributed by atoms with Gasteiger partial charge in [0.2, 0.25) is 0 Å². The van der Waals surface area contributed by atoms with Crippen LogP contribution in [0.3, 0.4) is 0 Å². The molecular weight excluding hydrogens is 553 g/mol. The minimum Gasteiger partial charge on any atom is -0.461 e. The predicted octanol–water partition coefficient (Wildman–Crippen LogP) is 5.83. The molecule has 0 fully saturated rings. The Morgan fingerprint density at radius 3 is 1.58 bits per heavy atom. The summed E-state index contributed by atoms with van der Waals surface area (Å²) in [7, 11) is 4.21. The van der Waals surface area contributed by atoms with Gasteiger partial charge in [-0.05, 0) is 12.8 Å². The molecule has 0 heterocycles. The number of carbonyl (C=O) groups excluding carboxylic acids is 2. The van der Waals surface area contributed by atoms with Crippen LogP contribution in [0.25, 0.3) is 0 Å². The van der Waals surface area contributed by atoms with E-state index in [1.165, 1.54) is 6.08 Å². The van der Waals surface area contributed by atoms with Crippen LogP contribution < -0.4 is 0 Å². The van der Waals surface area contributed by atoms with E-state index in [-0.39, 0.29) is 63.7 Å². The summed E-state index contributed by atoms with van der Waals surface area (Å²) >= 11 is 0. The Morgan fingerprint density at radius 1 is 0.917 bits per heavy atom. The number of aliphatic hydroxyl groups excluding tert-OH is 1. The first kappa shape index (κ1) is 48.6. The second-order valence-electron chi connectivity index (χ2n) is 5.82. The normalized spacial score (nSPS) is 9.36. The van der Waals surface area contributed by atoms with Crippen LogP contribution in [-0.2, 0) is 53.6 Å². The minimum absolute atomic E-state index is 0. The first-order valence-electron chi connectivity index (χ1n) is 11.2. The molecule has 0 bridgehead atoms. The van der Waals surface area contributed by atoms with Crippen molar-refractivity contribution < 1.29 is 58.8 Å². The Morgan fingerprint density at radius 2 is 1.31 bits per heavy atom. The molecule has 12 heteroatoms. The molecule has 0 aromatic carbocycles. The summed E-state index contributed by atoms with van der Waals surface area (Å²) in [5.74, 6) is -0.500. The van der Waals surface area contributed by atoms with Gasteiger partial charge in [0.15, 0.2) is 17.4 Å². The van der Waals surface area contributed by atoms with Crippen LogP contribution in [0.1, 0.15) is 52.4 Å². The van der Waals surface area contributed by atoms with Crippen LogP contribution in [0.15, 0.2) is 25.3 Å². The smallest absolute Gasteiger partial charge is 0.461 e. The van der Waals surface area contributed by atoms with Crippen molar-refractivity contribution in [1.29, 1.82) is 0 Å². The van der Waals surface area contributed by atoms with Crippen LogP contribution >= 0.6 is 17.4 Å². The van der Waals surface area contributed by atoms with Crippen LogP contribution in [0.5, 0.6) is 0 Å². The molecule has 0 rings (SSSR count). The average molecular weight is 603 g/mol. The van der Waals surface area contributed by atoms with E-state index in [0.717, 1.165) is 12.8 Å². The summed E-state index contributed by atoms with van der Waals surface area (Å²) in [5, 5.41) is 8.31. The van der Waals surface area contributed by atoms with Gasteiger partial charge in [-0.25, -0.2) is 0 Å². The van der Waals surface area contributed by atoms with Crippen LogP contribution in [0.2, 0.25) is 0 Å². The minimum atomic E-state index is -0.788. The fourth-order valence-electron chi connectivity index (χ4n) is 1.22. The molecule has 0 aliphatic rings. The van der Waals surface area contributed by atoms with E-state index in [1.54, 1.807) is 27.4 Å². The number of carbonyl (C=O) groups is 2. The van der Waals surface area contributed by atoms with Gasteiger partial charge in [0.1, 0.15) is 13.2 Å². The zero-order valence-electron chi connectivity index (χ0n) is 23.0. The number of hydrogen-bond acceptors (Lipinski definition) is 9. The largest absolute Gasteiger partial charge is 2.00 e. The van der Waals surface area contributed by atoms with Gasteiger partial charge >= 0.3 is 28.4 Å². The van der Waals surface area contributed by atoms with E-state index in [2.05, 4.69) is 40.8 Å². The van der Waals surface area contributed by atoms with Crippen molar-refractivity contribution >= 4 is 29.3 Å². The number of ether oxygens (including phenoxy) is 2. The zero-order valence-corrected chi connectivity index (χ0v) is 25.9. The fourth-order valence-corrected chi connectivity index (χ4v) is 1.88. The molecule has 1 unspecified atom stereocenters. The van der Waals surface area contributed by atoms with Crippen LogP contribution in [0.4, 0.5) is 0 Å². The van der Waals surface area contributed by atoms with Crippen molar-refractivity contribution in [1.82, 2.24) is 0 Å². The summed E-state index contributed by atoms with van der Waals surface area (Å²) < 4.78 is 28.6. The van der Waals surface area contributed by atoms with Gasteiger partial charge in [-0.1, -0.05) is 39.2 Å². The van der Waals surface area contributed by atoms with E-state index in [9.17, 15) is 9.59 Å². The van der Waals surface area contributed by atoms with Gasteiger partial charge in [0.25, 0.3) is 0 Å². The Kier molecular flexibility index (Phi) is 69.2. The van der Waals surface area contributed by atoms with Crippen molar-refractivity contribution in [3.63, 3.8) is 0 Å². The van der Waals surface area contributed by atoms with E-state index in [0.29, 0.717) is 25.9 Å². The summed E-state index contributed by atoms with van der Waals surface area (Å²) in [5.41, 5.74) is 0. The molecule has 0 amide bonds. The van der Waals surface area contributed by atoms with E-state index in [1.807, 2.05) is 20.5 Å². The van der Waals surface area contributed by atoms with E-state index in [4.69, 9.17) is 18.9 Å². The van der Waals surface area contributed by atoms with Gasteiger partial charge in [-0.2, -0.15) is 12.8 Å². The molecule has 0 saturated carbocycles. The van der Waals surface area contributed by atoms with Crippen molar-refractivity contribution in [2.45, 2.75) is 52.4 Å². The molecule has 0 radical (unpaired) electrons. The van der Waals surface area contributed by atoms with Gasteiger partial charge in [0.05, 0.1) is 6.61 Å². The summed E-state index contributed by atoms with van der Waals surface area (Å²) in [6, 6.07) is 0. The maximum Gasteiger partial charge on any atom is 2.00 e. The Balaban J connectivity index is -0.0000000890. The third-order valence-corrected chi connectivity index (χ3v) is 3.88. The molecule has 0 saturated heterocycles. The van der Waals surface area contributed by atoms with Gasteiger partial charge in [0, 0.05) is 47.4 Å². The zero-order chi connectivity index (χ0) is 28.2. The number of esters is 2. The quantitative estimate of drug-likeness (QED) is 0.0617. The molecule has 0 aromatic heterocycles. The van der Waals surface area contributed by atoms with E-state index < -0.39 is 8.38 Å². The number of aliphatic hydroxyl groups is 1. The maximum atomic E-state index is 11.0. The first-order valence-corrected chi connectivity index (χ1v) is 13.6. The SMILES string of the molecule is C=CCOC(=O)CCCO.C=CCOC(=O)CCCOP(C)OC.COPOC.[CH2-]CC.[CH2-]CC.[Ni+2]. The summed E-state index contributed by atoms with van der Waals surface area (Å²) in [6.45, 7) is 20.8. The van der Waals surface area contributed by atoms with Gasteiger partial charge < -0.3 is 46.5 Å². The van der Waals surface area contributed by atoms with E-state index >= 15 is 0 Å². The second-order valence-corrected chi connectivity index (χ2v) is 8.31. The number of hydrogen-bond donors (Lipinski definition) is 1. The van der Waals surface area contributed by atoms with Crippen molar-refractivity contribution in [3.05, 3.63) is 39.2 Å². The fraction of sp³-hybridized carbons (Fsp3) is 0.667. The van der Waals surface area contributed by atoms with Crippen molar-refractivity contribution in [2.24, 2.45) is 0 Å². The molecule has 1 atom stereocenters. The number of rotatable bonds is 15. The molecular formula is C24H50NiO9P2. The van der Waals surface area contributed by atoms with Gasteiger partial charge in [-0.15, -0.1) is 0 Å². The second kappa shape index (κ2) is 51.3. The first-order chi connectivity index (χ1) is 16.8. The molecule has 36 heavy (non-hydrogen) atoms. The summed E-state index contributed by atoms with van der Waals surface area (Å²) in [6.07, 6.45) is 6.84.